The van der Waals surface area contributed by atoms with Crippen LogP contribution in [0.5, 0.6) is 0 Å². The van der Waals surface area contributed by atoms with Crippen LogP contribution >= 0.6 is 0 Å². The molecule has 0 spiro atoms. The van der Waals surface area contributed by atoms with Gasteiger partial charge in [-0.3, -0.25) is 9.78 Å². The van der Waals surface area contributed by atoms with Gasteiger partial charge in [-0.15, -0.1) is 0 Å². The molecule has 1 aliphatic heterocycles. The number of nitrogens with two attached hydrogens (primary N) is 1. The third kappa shape index (κ3) is 1.98. The van der Waals surface area contributed by atoms with E-state index in [0.29, 0.717) is 18.8 Å². The van der Waals surface area contributed by atoms with Gasteiger partial charge in [0.2, 0.25) is 0 Å². The fraction of sp³-hybridized carbons (Fsp3) is 0.400. The number of carbonyl (C=O) groups is 1. The molecular formula is C10H12N2O3. The SMILES string of the molecule is NC(C(=O)O)c1cnc2c(c1)COCC2. The molecule has 2 heterocycles. The molecule has 0 fully saturated rings. The second kappa shape index (κ2) is 3.96. The first-order valence-electron chi connectivity index (χ1n) is 4.72. The van der Waals surface area contributed by atoms with Crippen molar-refractivity contribution in [3.05, 3.63) is 29.1 Å². The van der Waals surface area contributed by atoms with Crippen molar-refractivity contribution < 1.29 is 14.6 Å². The van der Waals surface area contributed by atoms with E-state index in [1.54, 1.807) is 6.07 Å². The van der Waals surface area contributed by atoms with Crippen molar-refractivity contribution in [3.63, 3.8) is 0 Å². The lowest BCUT2D eigenvalue weighted by atomic mass is 10.0. The highest BCUT2D eigenvalue weighted by molar-refractivity contribution is 5.75. The minimum atomic E-state index is -1.05. The van der Waals surface area contributed by atoms with Gasteiger partial charge in [-0.2, -0.15) is 0 Å². The molecule has 1 atom stereocenters. The Morgan fingerprint density at radius 2 is 2.47 bits per heavy atom. The molecule has 80 valence electrons. The van der Waals surface area contributed by atoms with E-state index in [-0.39, 0.29) is 0 Å². The summed E-state index contributed by atoms with van der Waals surface area (Å²) in [6.45, 7) is 1.16. The van der Waals surface area contributed by atoms with Crippen LogP contribution in [0.3, 0.4) is 0 Å². The van der Waals surface area contributed by atoms with Crippen molar-refractivity contribution in [2.75, 3.05) is 6.61 Å². The maximum atomic E-state index is 10.7. The van der Waals surface area contributed by atoms with Gasteiger partial charge < -0.3 is 15.6 Å². The number of aromatic nitrogens is 1. The molecule has 0 bridgehead atoms. The van der Waals surface area contributed by atoms with Crippen LogP contribution in [-0.2, 0) is 22.6 Å². The number of carboxylic acids is 1. The van der Waals surface area contributed by atoms with Crippen LogP contribution < -0.4 is 5.73 Å². The van der Waals surface area contributed by atoms with Crippen LogP contribution in [0.2, 0.25) is 0 Å². The first-order valence-corrected chi connectivity index (χ1v) is 4.72. The predicted molar refractivity (Wildman–Crippen MR) is 52.2 cm³/mol. The third-order valence-corrected chi connectivity index (χ3v) is 2.45. The van der Waals surface area contributed by atoms with Crippen LogP contribution in [0.15, 0.2) is 12.3 Å². The normalized spacial score (nSPS) is 16.9. The Hall–Kier alpha value is -1.46. The Morgan fingerprint density at radius 3 is 3.20 bits per heavy atom. The zero-order valence-electron chi connectivity index (χ0n) is 8.14. The molecular weight excluding hydrogens is 196 g/mol. The van der Waals surface area contributed by atoms with Gasteiger partial charge in [0.1, 0.15) is 6.04 Å². The van der Waals surface area contributed by atoms with Crippen LogP contribution in [-0.4, -0.2) is 22.7 Å². The lowest BCUT2D eigenvalue weighted by Gasteiger charge is -2.17. The molecule has 0 saturated heterocycles. The minimum Gasteiger partial charge on any atom is -0.480 e. The summed E-state index contributed by atoms with van der Waals surface area (Å²) in [5.41, 5.74) is 7.93. The highest BCUT2D eigenvalue weighted by Gasteiger charge is 2.18. The van der Waals surface area contributed by atoms with E-state index in [2.05, 4.69) is 4.98 Å². The number of fused-ring (bicyclic) bond motifs is 1. The Labute approximate surface area is 86.9 Å². The molecule has 0 aromatic carbocycles. The van der Waals surface area contributed by atoms with Gasteiger partial charge in [0.05, 0.1) is 13.2 Å². The molecule has 1 aromatic heterocycles. The molecule has 0 aliphatic carbocycles. The van der Waals surface area contributed by atoms with Gasteiger partial charge in [-0.05, 0) is 17.2 Å². The largest absolute Gasteiger partial charge is 0.480 e. The Bertz CT molecular complexity index is 392. The van der Waals surface area contributed by atoms with Crippen LogP contribution in [0.4, 0.5) is 0 Å². The molecule has 0 saturated carbocycles. The topological polar surface area (TPSA) is 85.4 Å². The quantitative estimate of drug-likeness (QED) is 0.727. The van der Waals surface area contributed by atoms with Gasteiger partial charge in [0.15, 0.2) is 0 Å². The molecule has 5 nitrogen and oxygen atoms in total. The monoisotopic (exact) mass is 208 g/mol. The lowest BCUT2D eigenvalue weighted by molar-refractivity contribution is -0.138. The van der Waals surface area contributed by atoms with Crippen LogP contribution in [0.25, 0.3) is 0 Å². The van der Waals surface area contributed by atoms with Crippen LogP contribution in [0.1, 0.15) is 22.9 Å². The Kier molecular flexibility index (Phi) is 2.66. The molecule has 5 heteroatoms. The second-order valence-corrected chi connectivity index (χ2v) is 3.49. The molecule has 0 amide bonds. The number of hydrogen-bond acceptors (Lipinski definition) is 4. The van der Waals surface area contributed by atoms with E-state index in [4.69, 9.17) is 15.6 Å². The van der Waals surface area contributed by atoms with Gasteiger partial charge in [-0.1, -0.05) is 0 Å². The van der Waals surface area contributed by atoms with E-state index >= 15 is 0 Å². The van der Waals surface area contributed by atoms with Crippen LogP contribution in [0, 0.1) is 0 Å². The summed E-state index contributed by atoms with van der Waals surface area (Å²) in [6.07, 6.45) is 2.31. The first kappa shape index (κ1) is 10.1. The lowest BCUT2D eigenvalue weighted by Crippen LogP contribution is -2.22. The van der Waals surface area contributed by atoms with Crippen molar-refractivity contribution in [1.82, 2.24) is 4.98 Å². The summed E-state index contributed by atoms with van der Waals surface area (Å²) in [5, 5.41) is 8.76. The summed E-state index contributed by atoms with van der Waals surface area (Å²) in [6, 6.07) is 0.755. The molecule has 1 aromatic rings. The van der Waals surface area contributed by atoms with Gasteiger partial charge in [0.25, 0.3) is 0 Å². The summed E-state index contributed by atoms with van der Waals surface area (Å²) >= 11 is 0. The molecule has 3 N–H and O–H groups in total. The van der Waals surface area contributed by atoms with Gasteiger partial charge in [0, 0.05) is 18.3 Å². The van der Waals surface area contributed by atoms with E-state index < -0.39 is 12.0 Å². The summed E-state index contributed by atoms with van der Waals surface area (Å²) in [7, 11) is 0. The zero-order valence-corrected chi connectivity index (χ0v) is 8.14. The summed E-state index contributed by atoms with van der Waals surface area (Å²) < 4.78 is 5.26. The first-order chi connectivity index (χ1) is 7.18. The maximum Gasteiger partial charge on any atom is 0.325 e. The average molecular weight is 208 g/mol. The number of rotatable bonds is 2. The fourth-order valence-corrected chi connectivity index (χ4v) is 1.57. The zero-order chi connectivity index (χ0) is 10.8. The molecule has 1 aliphatic rings. The molecule has 0 radical (unpaired) electrons. The number of ether oxygens (including phenoxy) is 1. The van der Waals surface area contributed by atoms with Crippen molar-refractivity contribution in [1.29, 1.82) is 0 Å². The van der Waals surface area contributed by atoms with Crippen molar-refractivity contribution in [2.45, 2.75) is 19.1 Å². The highest BCUT2D eigenvalue weighted by Crippen LogP contribution is 2.18. The summed E-state index contributed by atoms with van der Waals surface area (Å²) in [5.74, 6) is -1.05. The summed E-state index contributed by atoms with van der Waals surface area (Å²) in [4.78, 5) is 14.9. The maximum absolute atomic E-state index is 10.7. The molecule has 2 rings (SSSR count). The smallest absolute Gasteiger partial charge is 0.325 e. The van der Waals surface area contributed by atoms with E-state index in [0.717, 1.165) is 17.7 Å². The highest BCUT2D eigenvalue weighted by atomic mass is 16.5. The van der Waals surface area contributed by atoms with Gasteiger partial charge in [-0.25, -0.2) is 0 Å². The third-order valence-electron chi connectivity index (χ3n) is 2.45. The number of carboxylic acid groups (broad SMARTS) is 1. The average Bonchev–Trinajstić information content (AvgIpc) is 2.27. The van der Waals surface area contributed by atoms with E-state index in [1.807, 2.05) is 0 Å². The van der Waals surface area contributed by atoms with Crippen molar-refractivity contribution >= 4 is 5.97 Å². The van der Waals surface area contributed by atoms with Crippen molar-refractivity contribution in [2.24, 2.45) is 5.73 Å². The molecule has 1 unspecified atom stereocenters. The fourth-order valence-electron chi connectivity index (χ4n) is 1.57. The predicted octanol–water partition coefficient (Wildman–Crippen LogP) is 0.239. The second-order valence-electron chi connectivity index (χ2n) is 3.49. The number of aliphatic carboxylic acids is 1. The minimum absolute atomic E-state index is 0.489. The number of nitrogens with zero attached hydrogens (tertiary/aromatic N) is 1. The number of pyridine rings is 1. The van der Waals surface area contributed by atoms with E-state index in [1.165, 1.54) is 6.20 Å². The van der Waals surface area contributed by atoms with E-state index in [9.17, 15) is 4.79 Å². The standard InChI is InChI=1S/C10H12N2O3/c11-9(10(13)14)6-3-7-5-15-2-1-8(7)12-4-6/h3-4,9H,1-2,5,11H2,(H,13,14). The number of hydrogen-bond donors (Lipinski definition) is 2. The molecule has 15 heavy (non-hydrogen) atoms. The Balaban J connectivity index is 2.31. The Morgan fingerprint density at radius 1 is 1.67 bits per heavy atom. The van der Waals surface area contributed by atoms with Crippen molar-refractivity contribution in [3.8, 4) is 0 Å². The van der Waals surface area contributed by atoms with Gasteiger partial charge >= 0.3 is 5.97 Å².